The quantitative estimate of drug-likeness (QED) is 0.930. The van der Waals surface area contributed by atoms with Crippen molar-refractivity contribution in [1.82, 2.24) is 10.3 Å². The van der Waals surface area contributed by atoms with Gasteiger partial charge >= 0.3 is 0 Å². The van der Waals surface area contributed by atoms with Crippen molar-refractivity contribution in [3.8, 4) is 0 Å². The van der Waals surface area contributed by atoms with Crippen molar-refractivity contribution >= 4 is 15.9 Å². The summed E-state index contributed by atoms with van der Waals surface area (Å²) in [6.45, 7) is 0. The first-order chi connectivity index (χ1) is 9.02. The summed E-state index contributed by atoms with van der Waals surface area (Å²) in [6, 6.07) is 2.27. The number of hydrogen-bond acceptors (Lipinski definition) is 2. The predicted octanol–water partition coefficient (Wildman–Crippen LogP) is 3.57. The van der Waals surface area contributed by atoms with Gasteiger partial charge in [-0.15, -0.1) is 0 Å². The molecule has 0 spiro atoms. The van der Waals surface area contributed by atoms with Crippen LogP contribution in [0, 0.1) is 17.5 Å². The molecule has 0 radical (unpaired) electrons. The summed E-state index contributed by atoms with van der Waals surface area (Å²) in [5, 5.41) is 2.80. The zero-order valence-corrected chi connectivity index (χ0v) is 11.5. The van der Waals surface area contributed by atoms with E-state index in [0.29, 0.717) is 22.2 Å². The van der Waals surface area contributed by atoms with E-state index in [1.807, 2.05) is 0 Å². The average Bonchev–Trinajstić information content (AvgIpc) is 2.33. The van der Waals surface area contributed by atoms with Crippen molar-refractivity contribution in [2.45, 2.75) is 6.04 Å². The van der Waals surface area contributed by atoms with Crippen molar-refractivity contribution in [2.24, 2.45) is 0 Å². The Balaban J connectivity index is 2.54. The molecule has 1 atom stereocenters. The Morgan fingerprint density at radius 1 is 1.11 bits per heavy atom. The molecule has 0 aliphatic heterocycles. The summed E-state index contributed by atoms with van der Waals surface area (Å²) in [5.41, 5.74) is 0.338. The van der Waals surface area contributed by atoms with Gasteiger partial charge in [0.05, 0.1) is 6.04 Å². The molecule has 0 fully saturated rings. The number of nitrogens with one attached hydrogen (secondary N) is 1. The highest BCUT2D eigenvalue weighted by Gasteiger charge is 2.22. The molecule has 0 saturated heterocycles. The van der Waals surface area contributed by atoms with E-state index in [4.69, 9.17) is 0 Å². The minimum Gasteiger partial charge on any atom is -0.309 e. The molecule has 1 unspecified atom stereocenters. The average molecular weight is 331 g/mol. The Morgan fingerprint density at radius 3 is 2.26 bits per heavy atom. The maximum Gasteiger partial charge on any atom is 0.134 e. The fraction of sp³-hybridized carbons (Fsp3) is 0.154. The van der Waals surface area contributed by atoms with Crippen LogP contribution >= 0.6 is 15.9 Å². The molecule has 19 heavy (non-hydrogen) atoms. The lowest BCUT2D eigenvalue weighted by Crippen LogP contribution is -2.21. The van der Waals surface area contributed by atoms with E-state index in [1.165, 1.54) is 6.20 Å². The van der Waals surface area contributed by atoms with Gasteiger partial charge in [-0.05, 0) is 34.6 Å². The summed E-state index contributed by atoms with van der Waals surface area (Å²) in [6.07, 6.45) is 3.06. The molecule has 2 nitrogen and oxygen atoms in total. The van der Waals surface area contributed by atoms with Gasteiger partial charge in [0.25, 0.3) is 0 Å². The SMILES string of the molecule is CNC(c1cncc(Br)c1)c1c(F)cc(F)cc1F. The molecule has 0 aliphatic rings. The van der Waals surface area contributed by atoms with Crippen molar-refractivity contribution in [2.75, 3.05) is 7.05 Å². The molecule has 100 valence electrons. The highest BCUT2D eigenvalue weighted by Crippen LogP contribution is 2.28. The second kappa shape index (κ2) is 5.71. The lowest BCUT2D eigenvalue weighted by Gasteiger charge is -2.18. The van der Waals surface area contributed by atoms with Crippen molar-refractivity contribution in [1.29, 1.82) is 0 Å². The maximum absolute atomic E-state index is 13.8. The van der Waals surface area contributed by atoms with Gasteiger partial charge in [0.2, 0.25) is 0 Å². The van der Waals surface area contributed by atoms with Crippen LogP contribution < -0.4 is 5.32 Å². The minimum atomic E-state index is -0.944. The van der Waals surface area contributed by atoms with E-state index in [0.717, 1.165) is 0 Å². The van der Waals surface area contributed by atoms with Crippen LogP contribution in [0.2, 0.25) is 0 Å². The van der Waals surface area contributed by atoms with Gasteiger partial charge in [-0.1, -0.05) is 0 Å². The zero-order valence-electron chi connectivity index (χ0n) is 9.92. The Hall–Kier alpha value is -1.40. The molecule has 0 saturated carbocycles. The van der Waals surface area contributed by atoms with Crippen LogP contribution in [0.4, 0.5) is 13.2 Å². The second-order valence-corrected chi connectivity index (χ2v) is 4.86. The fourth-order valence-corrected chi connectivity index (χ4v) is 2.28. The summed E-state index contributed by atoms with van der Waals surface area (Å²) in [4.78, 5) is 3.95. The van der Waals surface area contributed by atoms with Crippen LogP contribution in [0.25, 0.3) is 0 Å². The lowest BCUT2D eigenvalue weighted by molar-refractivity contribution is 0.499. The summed E-state index contributed by atoms with van der Waals surface area (Å²) >= 11 is 3.24. The number of rotatable bonds is 3. The first kappa shape index (κ1) is 14.0. The standard InChI is InChI=1S/C13H10BrF3N2/c1-18-13(7-2-8(14)6-19-5-7)12-10(16)3-9(15)4-11(12)17/h2-6,13,18H,1H3. The molecule has 2 rings (SSSR count). The largest absolute Gasteiger partial charge is 0.309 e. The van der Waals surface area contributed by atoms with E-state index in [-0.39, 0.29) is 5.56 Å². The van der Waals surface area contributed by atoms with Gasteiger partial charge in [0.1, 0.15) is 17.5 Å². The molecule has 1 heterocycles. The molecule has 6 heteroatoms. The third kappa shape index (κ3) is 2.96. The number of hydrogen-bond donors (Lipinski definition) is 1. The Labute approximate surface area is 116 Å². The number of aromatic nitrogens is 1. The topological polar surface area (TPSA) is 24.9 Å². The molecule has 1 aromatic heterocycles. The summed E-state index contributed by atoms with van der Waals surface area (Å²) < 4.78 is 41.2. The Kier molecular flexibility index (Phi) is 4.21. The van der Waals surface area contributed by atoms with Gasteiger partial charge in [-0.25, -0.2) is 13.2 Å². The van der Waals surface area contributed by atoms with Gasteiger partial charge in [-0.3, -0.25) is 4.98 Å². The fourth-order valence-electron chi connectivity index (χ4n) is 1.89. The first-order valence-electron chi connectivity index (χ1n) is 5.45. The van der Waals surface area contributed by atoms with Crippen LogP contribution in [0.1, 0.15) is 17.2 Å². The molecule has 1 N–H and O–H groups in total. The van der Waals surface area contributed by atoms with Gasteiger partial charge in [0.15, 0.2) is 0 Å². The van der Waals surface area contributed by atoms with Gasteiger partial charge in [0, 0.05) is 34.6 Å². The zero-order chi connectivity index (χ0) is 14.0. The first-order valence-corrected chi connectivity index (χ1v) is 6.24. The van der Waals surface area contributed by atoms with Crippen LogP contribution in [0.15, 0.2) is 35.1 Å². The third-order valence-corrected chi connectivity index (χ3v) is 3.11. The highest BCUT2D eigenvalue weighted by molar-refractivity contribution is 9.10. The number of halogens is 4. The molecule has 1 aromatic carbocycles. The molecular weight excluding hydrogens is 321 g/mol. The van der Waals surface area contributed by atoms with E-state index < -0.39 is 23.5 Å². The van der Waals surface area contributed by atoms with Crippen LogP contribution in [0.3, 0.4) is 0 Å². The van der Waals surface area contributed by atoms with E-state index >= 15 is 0 Å². The van der Waals surface area contributed by atoms with Crippen molar-refractivity contribution in [3.63, 3.8) is 0 Å². The smallest absolute Gasteiger partial charge is 0.134 e. The summed E-state index contributed by atoms with van der Waals surface area (Å²) in [5.74, 6) is -2.81. The lowest BCUT2D eigenvalue weighted by atomic mass is 9.99. The van der Waals surface area contributed by atoms with E-state index in [2.05, 4.69) is 26.2 Å². The van der Waals surface area contributed by atoms with Crippen LogP contribution in [-0.4, -0.2) is 12.0 Å². The molecule has 0 amide bonds. The normalized spacial score (nSPS) is 12.5. The minimum absolute atomic E-state index is 0.233. The monoisotopic (exact) mass is 330 g/mol. The molecular formula is C13H10BrF3N2. The Bertz CT molecular complexity index is 581. The van der Waals surface area contributed by atoms with Crippen LogP contribution in [-0.2, 0) is 0 Å². The summed E-state index contributed by atoms with van der Waals surface area (Å²) in [7, 11) is 1.56. The second-order valence-electron chi connectivity index (χ2n) is 3.94. The molecule has 0 bridgehead atoms. The third-order valence-electron chi connectivity index (χ3n) is 2.68. The highest BCUT2D eigenvalue weighted by atomic mass is 79.9. The Morgan fingerprint density at radius 2 is 1.74 bits per heavy atom. The van der Waals surface area contributed by atoms with Gasteiger partial charge in [-0.2, -0.15) is 0 Å². The van der Waals surface area contributed by atoms with Crippen molar-refractivity contribution in [3.05, 3.63) is 63.6 Å². The molecule has 0 aliphatic carbocycles. The number of benzene rings is 1. The van der Waals surface area contributed by atoms with Crippen molar-refractivity contribution < 1.29 is 13.2 Å². The maximum atomic E-state index is 13.8. The van der Waals surface area contributed by atoms with Gasteiger partial charge < -0.3 is 5.32 Å². The predicted molar refractivity (Wildman–Crippen MR) is 69.2 cm³/mol. The van der Waals surface area contributed by atoms with E-state index in [9.17, 15) is 13.2 Å². The van der Waals surface area contributed by atoms with Crippen LogP contribution in [0.5, 0.6) is 0 Å². The van der Waals surface area contributed by atoms with E-state index in [1.54, 1.807) is 19.3 Å². The number of pyridine rings is 1. The molecule has 2 aromatic rings. The number of nitrogens with zero attached hydrogens (tertiary/aromatic N) is 1.